The van der Waals surface area contributed by atoms with Crippen molar-refractivity contribution in [3.05, 3.63) is 83.4 Å². The quantitative estimate of drug-likeness (QED) is 0.624. The lowest BCUT2D eigenvalue weighted by Crippen LogP contribution is -2.46. The van der Waals surface area contributed by atoms with Crippen molar-refractivity contribution in [1.29, 1.82) is 0 Å². The first-order valence-corrected chi connectivity index (χ1v) is 9.64. The first kappa shape index (κ1) is 15.2. The molecule has 3 aromatic rings. The van der Waals surface area contributed by atoms with Crippen LogP contribution < -0.4 is 0 Å². The molecule has 25 heavy (non-hydrogen) atoms. The molecule has 1 aliphatic carbocycles. The van der Waals surface area contributed by atoms with Crippen LogP contribution in [0.25, 0.3) is 10.8 Å². The molecule has 1 fully saturated rings. The van der Waals surface area contributed by atoms with Gasteiger partial charge in [0.05, 0.1) is 0 Å². The average molecular weight is 327 g/mol. The van der Waals surface area contributed by atoms with Gasteiger partial charge in [-0.2, -0.15) is 0 Å². The maximum absolute atomic E-state index is 2.77. The minimum atomic E-state index is 0.691. The van der Waals surface area contributed by atoms with Crippen LogP contribution in [0, 0.1) is 5.92 Å². The van der Waals surface area contributed by atoms with E-state index in [-0.39, 0.29) is 0 Å². The Morgan fingerprint density at radius 1 is 0.760 bits per heavy atom. The second-order valence-corrected chi connectivity index (χ2v) is 7.84. The number of rotatable bonds is 2. The van der Waals surface area contributed by atoms with Gasteiger partial charge in [-0.15, -0.1) is 0 Å². The summed E-state index contributed by atoms with van der Waals surface area (Å²) in [6, 6.07) is 25.4. The van der Waals surface area contributed by atoms with E-state index in [1.165, 1.54) is 48.6 Å². The molecule has 3 aliphatic rings. The summed E-state index contributed by atoms with van der Waals surface area (Å²) < 4.78 is 0. The number of benzene rings is 3. The lowest BCUT2D eigenvalue weighted by molar-refractivity contribution is 0.0942. The molecule has 0 N–H and O–H groups in total. The number of fused-ring (bicyclic) bond motifs is 3. The standard InChI is InChI=1S/C24H25N/c1-2-8-21-15-23-13-12-18(14-20(21)7-1)16-25(23)17-22-10-5-9-19-6-3-4-11-24(19)22/h1-11,18,23H,12-17H2/t18-,23+/m1/s1. The topological polar surface area (TPSA) is 3.24 Å². The molecule has 1 nitrogen and oxygen atoms in total. The van der Waals surface area contributed by atoms with E-state index < -0.39 is 0 Å². The predicted octanol–water partition coefficient (Wildman–Crippen LogP) is 5.22. The lowest BCUT2D eigenvalue weighted by atomic mass is 9.80. The van der Waals surface area contributed by atoms with Gasteiger partial charge in [-0.3, -0.25) is 4.90 Å². The second-order valence-electron chi connectivity index (χ2n) is 7.84. The first-order chi connectivity index (χ1) is 12.4. The molecule has 6 rings (SSSR count). The fourth-order valence-electron chi connectivity index (χ4n) is 4.94. The van der Waals surface area contributed by atoms with Gasteiger partial charge in [0.15, 0.2) is 0 Å². The predicted molar refractivity (Wildman–Crippen MR) is 105 cm³/mol. The van der Waals surface area contributed by atoms with Gasteiger partial charge < -0.3 is 0 Å². The summed E-state index contributed by atoms with van der Waals surface area (Å²) in [4.78, 5) is 2.77. The van der Waals surface area contributed by atoms with E-state index in [0.717, 1.165) is 12.5 Å². The zero-order valence-electron chi connectivity index (χ0n) is 14.7. The lowest BCUT2D eigenvalue weighted by Gasteiger charge is -2.42. The van der Waals surface area contributed by atoms with Crippen LogP contribution in [-0.4, -0.2) is 17.5 Å². The van der Waals surface area contributed by atoms with Crippen LogP contribution in [0.2, 0.25) is 0 Å². The van der Waals surface area contributed by atoms with Crippen molar-refractivity contribution >= 4 is 10.8 Å². The van der Waals surface area contributed by atoms with Crippen LogP contribution in [0.15, 0.2) is 66.7 Å². The third kappa shape index (κ3) is 2.87. The Morgan fingerprint density at radius 3 is 2.44 bits per heavy atom. The minimum absolute atomic E-state index is 0.691. The Bertz CT molecular complexity index is 892. The van der Waals surface area contributed by atoms with Crippen molar-refractivity contribution in [2.24, 2.45) is 5.92 Å². The van der Waals surface area contributed by atoms with E-state index in [9.17, 15) is 0 Å². The molecule has 0 saturated carbocycles. The van der Waals surface area contributed by atoms with Crippen molar-refractivity contribution in [2.75, 3.05) is 6.54 Å². The third-order valence-electron chi connectivity index (χ3n) is 6.25. The van der Waals surface area contributed by atoms with E-state index in [1.54, 1.807) is 11.1 Å². The van der Waals surface area contributed by atoms with Crippen molar-refractivity contribution in [3.63, 3.8) is 0 Å². The van der Waals surface area contributed by atoms with Crippen LogP contribution in [0.3, 0.4) is 0 Å². The SMILES string of the molecule is c1ccc2c(c1)C[C@H]1CC[C@@H](C2)N(Cc2cccc3ccccc23)C1. The Morgan fingerprint density at radius 2 is 1.52 bits per heavy atom. The monoisotopic (exact) mass is 327 g/mol. The Hall–Kier alpha value is -2.12. The molecule has 2 heterocycles. The fourth-order valence-corrected chi connectivity index (χ4v) is 4.94. The van der Waals surface area contributed by atoms with E-state index in [1.807, 2.05) is 0 Å². The molecular weight excluding hydrogens is 302 g/mol. The first-order valence-electron chi connectivity index (χ1n) is 9.64. The summed E-state index contributed by atoms with van der Waals surface area (Å²) in [6.07, 6.45) is 5.22. The van der Waals surface area contributed by atoms with Gasteiger partial charge in [0.1, 0.15) is 0 Å². The van der Waals surface area contributed by atoms with Crippen molar-refractivity contribution in [3.8, 4) is 0 Å². The highest BCUT2D eigenvalue weighted by atomic mass is 15.2. The molecular formula is C24H25N. The maximum atomic E-state index is 2.77. The molecule has 0 aromatic heterocycles. The molecule has 0 amide bonds. The Labute approximate surface area is 150 Å². The minimum Gasteiger partial charge on any atom is -0.295 e. The maximum Gasteiger partial charge on any atom is 0.0243 e. The number of piperidine rings is 1. The van der Waals surface area contributed by atoms with Gasteiger partial charge >= 0.3 is 0 Å². The summed E-state index contributed by atoms with van der Waals surface area (Å²) >= 11 is 0. The third-order valence-corrected chi connectivity index (χ3v) is 6.25. The van der Waals surface area contributed by atoms with Crippen LogP contribution in [-0.2, 0) is 19.4 Å². The largest absolute Gasteiger partial charge is 0.295 e. The van der Waals surface area contributed by atoms with Crippen LogP contribution in [0.4, 0.5) is 0 Å². The Balaban J connectivity index is 1.47. The molecule has 3 aromatic carbocycles. The molecule has 1 saturated heterocycles. The highest BCUT2D eigenvalue weighted by Crippen LogP contribution is 2.33. The van der Waals surface area contributed by atoms with Crippen molar-refractivity contribution in [1.82, 2.24) is 4.90 Å². The van der Waals surface area contributed by atoms with Gasteiger partial charge in [0.2, 0.25) is 0 Å². The number of hydrogen-bond acceptors (Lipinski definition) is 1. The summed E-state index contributed by atoms with van der Waals surface area (Å²) in [5.74, 6) is 0.813. The van der Waals surface area contributed by atoms with Crippen molar-refractivity contribution in [2.45, 2.75) is 38.3 Å². The van der Waals surface area contributed by atoms with Gasteiger partial charge in [-0.25, -0.2) is 0 Å². The molecule has 0 spiro atoms. The molecule has 2 atom stereocenters. The highest BCUT2D eigenvalue weighted by molar-refractivity contribution is 5.85. The fraction of sp³-hybridized carbons (Fsp3) is 0.333. The normalized spacial score (nSPS) is 23.2. The van der Waals surface area contributed by atoms with E-state index >= 15 is 0 Å². The smallest absolute Gasteiger partial charge is 0.0243 e. The number of hydrogen-bond donors (Lipinski definition) is 0. The second kappa shape index (κ2) is 6.31. The molecule has 2 bridgehead atoms. The van der Waals surface area contributed by atoms with Gasteiger partial charge in [0.25, 0.3) is 0 Å². The molecule has 0 unspecified atom stereocenters. The zero-order valence-corrected chi connectivity index (χ0v) is 14.7. The summed E-state index contributed by atoms with van der Waals surface area (Å²) in [7, 11) is 0. The van der Waals surface area contributed by atoms with Crippen LogP contribution in [0.5, 0.6) is 0 Å². The molecule has 126 valence electrons. The average Bonchev–Trinajstić information content (AvgIpc) is 2.63. The van der Waals surface area contributed by atoms with Crippen LogP contribution in [0.1, 0.15) is 29.5 Å². The van der Waals surface area contributed by atoms with Crippen LogP contribution >= 0.6 is 0 Å². The van der Waals surface area contributed by atoms with Gasteiger partial charge in [-0.05, 0) is 59.1 Å². The summed E-state index contributed by atoms with van der Waals surface area (Å²) in [6.45, 7) is 2.34. The highest BCUT2D eigenvalue weighted by Gasteiger charge is 2.31. The molecule has 0 radical (unpaired) electrons. The molecule has 2 aliphatic heterocycles. The van der Waals surface area contributed by atoms with Gasteiger partial charge in [-0.1, -0.05) is 66.7 Å². The van der Waals surface area contributed by atoms with E-state index in [0.29, 0.717) is 6.04 Å². The van der Waals surface area contributed by atoms with E-state index in [2.05, 4.69) is 71.6 Å². The Kier molecular flexibility index (Phi) is 3.83. The summed E-state index contributed by atoms with van der Waals surface area (Å²) in [5, 5.41) is 2.78. The molecule has 1 heteroatoms. The zero-order chi connectivity index (χ0) is 16.6. The van der Waals surface area contributed by atoms with Gasteiger partial charge in [0, 0.05) is 19.1 Å². The van der Waals surface area contributed by atoms with Crippen molar-refractivity contribution < 1.29 is 0 Å². The summed E-state index contributed by atoms with van der Waals surface area (Å²) in [5.41, 5.74) is 4.67. The number of nitrogens with zero attached hydrogens (tertiary/aromatic N) is 1. The van der Waals surface area contributed by atoms with E-state index in [4.69, 9.17) is 0 Å².